The Labute approximate surface area is 149 Å². The second-order valence-electron chi connectivity index (χ2n) is 6.11. The van der Waals surface area contributed by atoms with Crippen LogP contribution in [0.15, 0.2) is 60.7 Å². The molecule has 0 saturated carbocycles. The van der Waals surface area contributed by atoms with Crippen molar-refractivity contribution in [2.45, 2.75) is 13.1 Å². The van der Waals surface area contributed by atoms with E-state index in [0.717, 1.165) is 36.0 Å². The highest BCUT2D eigenvalue weighted by molar-refractivity contribution is 5.55. The first-order chi connectivity index (χ1) is 12.9. The summed E-state index contributed by atoms with van der Waals surface area (Å²) in [5, 5.41) is 21.0. The van der Waals surface area contributed by atoms with Crippen molar-refractivity contribution in [2.24, 2.45) is 0 Å². The maximum absolute atomic E-state index is 4.39. The lowest BCUT2D eigenvalue weighted by Gasteiger charge is -2.28. The number of hydrogen-bond acceptors (Lipinski definition) is 6. The number of rotatable bonds is 3. The van der Waals surface area contributed by atoms with Gasteiger partial charge in [0.1, 0.15) is 0 Å². The highest BCUT2D eigenvalue weighted by Crippen LogP contribution is 2.24. The molecule has 4 aromatic rings. The van der Waals surface area contributed by atoms with Crippen molar-refractivity contribution in [1.82, 2.24) is 35.0 Å². The van der Waals surface area contributed by atoms with Crippen LogP contribution in [0.1, 0.15) is 5.82 Å². The van der Waals surface area contributed by atoms with E-state index in [1.165, 1.54) is 0 Å². The Kier molecular flexibility index (Phi) is 3.45. The normalized spacial score (nSPS) is 13.6. The zero-order chi connectivity index (χ0) is 17.3. The van der Waals surface area contributed by atoms with Gasteiger partial charge in [0.15, 0.2) is 11.6 Å². The number of fused-ring (bicyclic) bond motifs is 1. The van der Waals surface area contributed by atoms with Gasteiger partial charge in [0.05, 0.1) is 12.2 Å². The van der Waals surface area contributed by atoms with Crippen molar-refractivity contribution in [3.63, 3.8) is 0 Å². The number of hydrogen-bond donors (Lipinski definition) is 0. The maximum atomic E-state index is 4.39. The van der Waals surface area contributed by atoms with E-state index in [9.17, 15) is 0 Å². The molecule has 0 spiro atoms. The van der Waals surface area contributed by atoms with E-state index in [1.54, 1.807) is 4.68 Å². The first kappa shape index (κ1) is 14.8. The van der Waals surface area contributed by atoms with Crippen LogP contribution in [-0.4, -0.2) is 41.5 Å². The molecule has 0 aliphatic carbocycles. The van der Waals surface area contributed by atoms with Gasteiger partial charge in [-0.1, -0.05) is 53.6 Å². The molecule has 0 amide bonds. The summed E-state index contributed by atoms with van der Waals surface area (Å²) < 4.78 is 3.92. The second-order valence-corrected chi connectivity index (χ2v) is 6.11. The van der Waals surface area contributed by atoms with E-state index in [0.29, 0.717) is 12.5 Å². The van der Waals surface area contributed by atoms with Gasteiger partial charge in [-0.3, -0.25) is 0 Å². The molecular weight excluding hydrogens is 328 g/mol. The minimum Gasteiger partial charge on any atom is -0.330 e. The third-order valence-corrected chi connectivity index (χ3v) is 4.52. The summed E-state index contributed by atoms with van der Waals surface area (Å²) in [6, 6.07) is 20.0. The van der Waals surface area contributed by atoms with Crippen molar-refractivity contribution in [2.75, 3.05) is 11.4 Å². The molecule has 2 aromatic heterocycles. The fourth-order valence-electron chi connectivity index (χ4n) is 3.25. The van der Waals surface area contributed by atoms with Crippen molar-refractivity contribution in [1.29, 1.82) is 0 Å². The first-order valence-electron chi connectivity index (χ1n) is 8.46. The third-order valence-electron chi connectivity index (χ3n) is 4.52. The van der Waals surface area contributed by atoms with Gasteiger partial charge in [-0.15, -0.1) is 10.2 Å². The molecule has 5 rings (SSSR count). The highest BCUT2D eigenvalue weighted by atomic mass is 15.6. The molecule has 1 aliphatic heterocycles. The Balaban J connectivity index is 1.46. The molecule has 1 aliphatic rings. The first-order valence-corrected chi connectivity index (χ1v) is 8.46. The number of para-hydroxylation sites is 1. The molecular formula is C18H16N8. The predicted octanol–water partition coefficient (Wildman–Crippen LogP) is 1.94. The minimum atomic E-state index is 0.618. The lowest BCUT2D eigenvalue weighted by atomic mass is 10.2. The zero-order valence-corrected chi connectivity index (χ0v) is 14.0. The molecule has 8 nitrogen and oxygen atoms in total. The second kappa shape index (κ2) is 6.07. The van der Waals surface area contributed by atoms with E-state index in [1.807, 2.05) is 48.5 Å². The molecule has 0 saturated heterocycles. The number of tetrazole rings is 1. The smallest absolute Gasteiger partial charge is 0.250 e. The molecule has 0 N–H and O–H groups in total. The molecule has 0 radical (unpaired) electrons. The summed E-state index contributed by atoms with van der Waals surface area (Å²) in [4.78, 5) is 2.13. The number of benzene rings is 2. The van der Waals surface area contributed by atoms with Crippen LogP contribution in [0.4, 0.5) is 5.95 Å². The van der Waals surface area contributed by atoms with Gasteiger partial charge in [0, 0.05) is 18.7 Å². The van der Waals surface area contributed by atoms with Gasteiger partial charge in [-0.2, -0.15) is 4.68 Å². The Morgan fingerprint density at radius 3 is 2.35 bits per heavy atom. The summed E-state index contributed by atoms with van der Waals surface area (Å²) in [5.74, 6) is 2.53. The van der Waals surface area contributed by atoms with E-state index >= 15 is 0 Å². The average Bonchev–Trinajstić information content (AvgIpc) is 3.36. The molecule has 0 fully saturated rings. The Morgan fingerprint density at radius 1 is 0.769 bits per heavy atom. The van der Waals surface area contributed by atoms with Crippen molar-refractivity contribution in [3.05, 3.63) is 66.5 Å². The lowest BCUT2D eigenvalue weighted by molar-refractivity contribution is 0.550. The topological polar surface area (TPSA) is 77.6 Å². The molecule has 2 aromatic carbocycles. The highest BCUT2D eigenvalue weighted by Gasteiger charge is 2.25. The SMILES string of the molecule is c1ccc(-c2nnc3n2CCN(c2nnnn2-c2ccccc2)C3)cc1. The third kappa shape index (κ3) is 2.43. The summed E-state index contributed by atoms with van der Waals surface area (Å²) in [6.07, 6.45) is 0. The Bertz CT molecular complexity index is 1020. The standard InChI is InChI=1S/C18H16N8/c1-3-7-14(8-4-1)17-20-19-16-13-24(11-12-25(16)17)18-21-22-23-26(18)15-9-5-2-6-10-15/h1-10H,11-13H2. The Morgan fingerprint density at radius 2 is 1.54 bits per heavy atom. The quantitative estimate of drug-likeness (QED) is 0.565. The number of anilines is 1. The summed E-state index contributed by atoms with van der Waals surface area (Å²) in [5.41, 5.74) is 2.01. The van der Waals surface area contributed by atoms with E-state index < -0.39 is 0 Å². The molecule has 3 heterocycles. The van der Waals surface area contributed by atoms with Gasteiger partial charge in [0.2, 0.25) is 0 Å². The predicted molar refractivity (Wildman–Crippen MR) is 95.7 cm³/mol. The fraction of sp³-hybridized carbons (Fsp3) is 0.167. The molecule has 128 valence electrons. The van der Waals surface area contributed by atoms with E-state index in [-0.39, 0.29) is 0 Å². The van der Waals surface area contributed by atoms with E-state index in [4.69, 9.17) is 0 Å². The van der Waals surface area contributed by atoms with Gasteiger partial charge in [-0.25, -0.2) is 0 Å². The van der Waals surface area contributed by atoms with Crippen LogP contribution < -0.4 is 4.90 Å². The van der Waals surface area contributed by atoms with E-state index in [2.05, 4.69) is 47.3 Å². The van der Waals surface area contributed by atoms with Gasteiger partial charge < -0.3 is 9.47 Å². The number of aromatic nitrogens is 7. The van der Waals surface area contributed by atoms with Crippen LogP contribution in [0, 0.1) is 0 Å². The number of nitrogens with zero attached hydrogens (tertiary/aromatic N) is 8. The Hall–Kier alpha value is -3.55. The van der Waals surface area contributed by atoms with Crippen LogP contribution >= 0.6 is 0 Å². The van der Waals surface area contributed by atoms with Crippen LogP contribution in [0.3, 0.4) is 0 Å². The largest absolute Gasteiger partial charge is 0.330 e. The van der Waals surface area contributed by atoms with Crippen molar-refractivity contribution in [3.8, 4) is 17.1 Å². The van der Waals surface area contributed by atoms with Crippen LogP contribution in [0.25, 0.3) is 17.1 Å². The minimum absolute atomic E-state index is 0.618. The fourth-order valence-corrected chi connectivity index (χ4v) is 3.25. The summed E-state index contributed by atoms with van der Waals surface area (Å²) >= 11 is 0. The van der Waals surface area contributed by atoms with Crippen LogP contribution in [0.5, 0.6) is 0 Å². The van der Waals surface area contributed by atoms with Gasteiger partial charge >= 0.3 is 0 Å². The van der Waals surface area contributed by atoms with Crippen molar-refractivity contribution >= 4 is 5.95 Å². The molecule has 26 heavy (non-hydrogen) atoms. The molecule has 0 unspecified atom stereocenters. The summed E-state index contributed by atoms with van der Waals surface area (Å²) in [7, 11) is 0. The van der Waals surface area contributed by atoms with Crippen LogP contribution in [0.2, 0.25) is 0 Å². The molecule has 0 bridgehead atoms. The lowest BCUT2D eigenvalue weighted by Crippen LogP contribution is -2.35. The monoisotopic (exact) mass is 344 g/mol. The van der Waals surface area contributed by atoms with Gasteiger partial charge in [0.25, 0.3) is 5.95 Å². The van der Waals surface area contributed by atoms with Crippen molar-refractivity contribution < 1.29 is 0 Å². The zero-order valence-electron chi connectivity index (χ0n) is 14.0. The molecule has 8 heteroatoms. The summed E-state index contributed by atoms with van der Waals surface area (Å²) in [6.45, 7) is 2.19. The van der Waals surface area contributed by atoms with Gasteiger partial charge in [-0.05, 0) is 22.6 Å². The maximum Gasteiger partial charge on any atom is 0.250 e. The van der Waals surface area contributed by atoms with Crippen LogP contribution in [-0.2, 0) is 13.1 Å². The molecule has 0 atom stereocenters. The average molecular weight is 344 g/mol.